The first kappa shape index (κ1) is 15.1. The average Bonchev–Trinajstić information content (AvgIpc) is 2.82. The molecule has 5 nitrogen and oxygen atoms in total. The minimum atomic E-state index is -0.569. The number of aromatic nitrogens is 2. The van der Waals surface area contributed by atoms with Crippen LogP contribution in [0, 0.1) is 6.92 Å². The van der Waals surface area contributed by atoms with E-state index in [4.69, 9.17) is 5.73 Å². The van der Waals surface area contributed by atoms with Gasteiger partial charge in [0.1, 0.15) is 5.75 Å². The van der Waals surface area contributed by atoms with Crippen LogP contribution in [0.15, 0.2) is 30.6 Å². The molecular weight excluding hydrogens is 266 g/mol. The zero-order chi connectivity index (χ0) is 15.8. The van der Waals surface area contributed by atoms with E-state index in [0.29, 0.717) is 5.56 Å². The van der Waals surface area contributed by atoms with Crippen molar-refractivity contribution < 1.29 is 9.90 Å². The summed E-state index contributed by atoms with van der Waals surface area (Å²) in [4.78, 5) is 11.9. The second kappa shape index (κ2) is 5.24. The van der Waals surface area contributed by atoms with Crippen molar-refractivity contribution in [3.8, 4) is 5.75 Å². The van der Waals surface area contributed by atoms with Crippen LogP contribution in [-0.4, -0.2) is 20.8 Å². The molecule has 1 atom stereocenters. The third-order valence-corrected chi connectivity index (χ3v) is 3.46. The molecule has 112 valence electrons. The van der Waals surface area contributed by atoms with Crippen molar-refractivity contribution >= 4 is 5.91 Å². The summed E-state index contributed by atoms with van der Waals surface area (Å²) >= 11 is 0. The maximum absolute atomic E-state index is 11.9. The predicted octanol–water partition coefficient (Wildman–Crippen LogP) is 2.27. The fourth-order valence-electron chi connectivity index (χ4n) is 2.23. The van der Waals surface area contributed by atoms with Gasteiger partial charge in [-0.15, -0.1) is 0 Å². The summed E-state index contributed by atoms with van der Waals surface area (Å²) in [6.07, 6.45) is 3.51. The van der Waals surface area contributed by atoms with E-state index in [9.17, 15) is 9.90 Å². The first-order chi connectivity index (χ1) is 9.70. The molecule has 0 aliphatic rings. The van der Waals surface area contributed by atoms with Crippen LogP contribution in [0.4, 0.5) is 0 Å². The summed E-state index contributed by atoms with van der Waals surface area (Å²) in [6.45, 7) is 7.89. The fraction of sp³-hybridized carbons (Fsp3) is 0.375. The van der Waals surface area contributed by atoms with Crippen LogP contribution in [-0.2, 0) is 10.3 Å². The monoisotopic (exact) mass is 287 g/mol. The third-order valence-electron chi connectivity index (χ3n) is 3.46. The molecule has 1 heterocycles. The number of amides is 1. The van der Waals surface area contributed by atoms with Gasteiger partial charge in [-0.1, -0.05) is 12.1 Å². The van der Waals surface area contributed by atoms with Crippen molar-refractivity contribution in [2.75, 3.05) is 0 Å². The molecule has 0 radical (unpaired) electrons. The maximum atomic E-state index is 11.9. The lowest BCUT2D eigenvalue weighted by molar-refractivity contribution is -0.118. The zero-order valence-electron chi connectivity index (χ0n) is 12.8. The van der Waals surface area contributed by atoms with Crippen LogP contribution in [0.5, 0.6) is 5.75 Å². The highest BCUT2D eigenvalue weighted by Gasteiger charge is 2.24. The number of nitrogens with two attached hydrogens (primary N) is 1. The molecule has 0 saturated heterocycles. The summed E-state index contributed by atoms with van der Waals surface area (Å²) < 4.78 is 1.81. The van der Waals surface area contributed by atoms with Gasteiger partial charge >= 0.3 is 0 Å². The highest BCUT2D eigenvalue weighted by molar-refractivity contribution is 5.85. The van der Waals surface area contributed by atoms with E-state index in [1.807, 2.05) is 31.6 Å². The molecule has 0 fully saturated rings. The number of aryl methyl sites for hydroxylation is 1. The normalized spacial score (nSPS) is 13.1. The molecular formula is C16H21N3O2. The van der Waals surface area contributed by atoms with Crippen molar-refractivity contribution in [2.24, 2.45) is 5.73 Å². The molecule has 0 aliphatic heterocycles. The number of aromatic hydroxyl groups is 1. The Bertz CT molecular complexity index is 668. The number of carbonyl (C=O) groups is 1. The number of nitrogens with zero attached hydrogens (tertiary/aromatic N) is 2. The largest absolute Gasteiger partial charge is 0.508 e. The molecule has 21 heavy (non-hydrogen) atoms. The van der Waals surface area contributed by atoms with Gasteiger partial charge in [-0.2, -0.15) is 5.10 Å². The van der Waals surface area contributed by atoms with E-state index in [1.165, 1.54) is 0 Å². The molecule has 1 amide bonds. The van der Waals surface area contributed by atoms with Gasteiger partial charge in [0.25, 0.3) is 0 Å². The van der Waals surface area contributed by atoms with E-state index in [0.717, 1.165) is 11.1 Å². The third kappa shape index (κ3) is 3.07. The van der Waals surface area contributed by atoms with Crippen molar-refractivity contribution in [2.45, 2.75) is 39.2 Å². The summed E-state index contributed by atoms with van der Waals surface area (Å²) in [7, 11) is 0. The molecule has 0 aliphatic carbocycles. The van der Waals surface area contributed by atoms with Crippen LogP contribution in [0.3, 0.4) is 0 Å². The minimum Gasteiger partial charge on any atom is -0.508 e. The quantitative estimate of drug-likeness (QED) is 0.908. The van der Waals surface area contributed by atoms with Crippen LogP contribution in [0.1, 0.15) is 43.4 Å². The Kier molecular flexibility index (Phi) is 3.77. The lowest BCUT2D eigenvalue weighted by Gasteiger charge is -2.19. The number of primary amides is 1. The highest BCUT2D eigenvalue weighted by Crippen LogP contribution is 2.28. The zero-order valence-corrected chi connectivity index (χ0v) is 12.8. The van der Waals surface area contributed by atoms with Gasteiger partial charge in [-0.25, -0.2) is 0 Å². The fourth-order valence-corrected chi connectivity index (χ4v) is 2.23. The second-order valence-corrected chi connectivity index (χ2v) is 6.27. The Labute approximate surface area is 124 Å². The average molecular weight is 287 g/mol. The van der Waals surface area contributed by atoms with Crippen molar-refractivity contribution in [1.29, 1.82) is 0 Å². The Morgan fingerprint density at radius 3 is 2.48 bits per heavy atom. The smallest absolute Gasteiger partial charge is 0.229 e. The molecule has 1 aromatic carbocycles. The number of hydrogen-bond donors (Lipinski definition) is 2. The number of hydrogen-bond acceptors (Lipinski definition) is 3. The van der Waals surface area contributed by atoms with Crippen molar-refractivity contribution in [3.63, 3.8) is 0 Å². The summed E-state index contributed by atoms with van der Waals surface area (Å²) in [5.41, 5.74) is 7.63. The highest BCUT2D eigenvalue weighted by atomic mass is 16.3. The van der Waals surface area contributed by atoms with E-state index in [-0.39, 0.29) is 11.3 Å². The number of benzene rings is 1. The van der Waals surface area contributed by atoms with Gasteiger partial charge in [-0.3, -0.25) is 9.48 Å². The molecule has 2 rings (SSSR count). The van der Waals surface area contributed by atoms with E-state index in [2.05, 4.69) is 5.10 Å². The van der Waals surface area contributed by atoms with Gasteiger partial charge in [0.2, 0.25) is 5.91 Å². The number of phenols is 1. The summed E-state index contributed by atoms with van der Waals surface area (Å²) in [5.74, 6) is -0.804. The van der Waals surface area contributed by atoms with Gasteiger partial charge < -0.3 is 10.8 Å². The van der Waals surface area contributed by atoms with Gasteiger partial charge in [0.15, 0.2) is 0 Å². The van der Waals surface area contributed by atoms with Gasteiger partial charge in [0.05, 0.1) is 17.7 Å². The molecule has 0 spiro atoms. The Hall–Kier alpha value is -2.30. The van der Waals surface area contributed by atoms with Gasteiger partial charge in [-0.05, 0) is 44.9 Å². The first-order valence-corrected chi connectivity index (χ1v) is 6.84. The topological polar surface area (TPSA) is 81.1 Å². The number of carbonyl (C=O) groups excluding carboxylic acids is 1. The molecule has 1 aromatic heterocycles. The molecule has 0 bridgehead atoms. The summed E-state index contributed by atoms with van der Waals surface area (Å²) in [5, 5.41) is 13.9. The Morgan fingerprint density at radius 1 is 1.33 bits per heavy atom. The second-order valence-electron chi connectivity index (χ2n) is 6.27. The van der Waals surface area contributed by atoms with Crippen molar-refractivity contribution in [1.82, 2.24) is 9.78 Å². The van der Waals surface area contributed by atoms with E-state index in [1.54, 1.807) is 31.3 Å². The Balaban J connectivity index is 2.46. The van der Waals surface area contributed by atoms with Crippen LogP contribution >= 0.6 is 0 Å². The first-order valence-electron chi connectivity index (χ1n) is 6.84. The lowest BCUT2D eigenvalue weighted by atomic mass is 9.91. The van der Waals surface area contributed by atoms with E-state index >= 15 is 0 Å². The molecule has 3 N–H and O–H groups in total. The van der Waals surface area contributed by atoms with Crippen LogP contribution in [0.2, 0.25) is 0 Å². The summed E-state index contributed by atoms with van der Waals surface area (Å²) in [6, 6.07) is 5.07. The SMILES string of the molecule is Cc1cc(C(C(N)=O)c2cnn(C(C)(C)C)c2)ccc1O. The molecule has 5 heteroatoms. The van der Waals surface area contributed by atoms with Gasteiger partial charge in [0, 0.05) is 11.8 Å². The predicted molar refractivity (Wildman–Crippen MR) is 81.1 cm³/mol. The molecule has 2 aromatic rings. The van der Waals surface area contributed by atoms with Crippen LogP contribution < -0.4 is 5.73 Å². The number of rotatable bonds is 3. The molecule has 0 saturated carbocycles. The minimum absolute atomic E-state index is 0.161. The Morgan fingerprint density at radius 2 is 2.00 bits per heavy atom. The molecule has 1 unspecified atom stereocenters. The lowest BCUT2D eigenvalue weighted by Crippen LogP contribution is -2.23. The van der Waals surface area contributed by atoms with Crippen molar-refractivity contribution in [3.05, 3.63) is 47.3 Å². The number of phenolic OH excluding ortho intramolecular Hbond substituents is 1. The van der Waals surface area contributed by atoms with Crippen LogP contribution in [0.25, 0.3) is 0 Å². The standard InChI is InChI=1S/C16H21N3O2/c1-10-7-11(5-6-13(10)20)14(15(17)21)12-8-18-19(9-12)16(2,3)4/h5-9,14,20H,1-4H3,(H2,17,21). The van der Waals surface area contributed by atoms with E-state index < -0.39 is 11.8 Å². The maximum Gasteiger partial charge on any atom is 0.229 e.